The van der Waals surface area contributed by atoms with Gasteiger partial charge in [-0.3, -0.25) is 9.69 Å². The second-order valence-electron chi connectivity index (χ2n) is 7.80. The Labute approximate surface area is 183 Å². The Morgan fingerprint density at radius 2 is 2.00 bits per heavy atom. The molecule has 156 valence electrons. The number of hydrogen-bond acceptors (Lipinski definition) is 7. The second kappa shape index (κ2) is 6.90. The van der Waals surface area contributed by atoms with Gasteiger partial charge in [0.15, 0.2) is 5.82 Å². The molecular formula is C22H19ClN6O2. The van der Waals surface area contributed by atoms with Gasteiger partial charge in [0.2, 0.25) is 5.91 Å². The lowest BCUT2D eigenvalue weighted by Gasteiger charge is -2.29. The number of ether oxygens (including phenoxy) is 1. The third-order valence-electron chi connectivity index (χ3n) is 5.80. The van der Waals surface area contributed by atoms with Crippen LogP contribution in [-0.2, 0) is 16.0 Å². The Morgan fingerprint density at radius 3 is 2.81 bits per heavy atom. The number of halogens is 1. The summed E-state index contributed by atoms with van der Waals surface area (Å²) in [5.74, 6) is 3.45. The highest BCUT2D eigenvalue weighted by Gasteiger charge is 2.35. The summed E-state index contributed by atoms with van der Waals surface area (Å²) in [7, 11) is 0. The van der Waals surface area contributed by atoms with Crippen LogP contribution in [-0.4, -0.2) is 48.0 Å². The van der Waals surface area contributed by atoms with Crippen molar-refractivity contribution in [2.75, 3.05) is 41.4 Å². The van der Waals surface area contributed by atoms with Gasteiger partial charge in [0, 0.05) is 29.1 Å². The monoisotopic (exact) mass is 434 g/mol. The van der Waals surface area contributed by atoms with Gasteiger partial charge in [-0.2, -0.15) is 0 Å². The molecule has 1 saturated heterocycles. The largest absolute Gasteiger partial charge is 0.378 e. The van der Waals surface area contributed by atoms with E-state index in [0.717, 1.165) is 41.1 Å². The quantitative estimate of drug-likeness (QED) is 0.660. The van der Waals surface area contributed by atoms with Gasteiger partial charge in [-0.1, -0.05) is 17.7 Å². The van der Waals surface area contributed by atoms with Crippen molar-refractivity contribution in [3.05, 3.63) is 40.9 Å². The van der Waals surface area contributed by atoms with E-state index in [2.05, 4.69) is 21.3 Å². The van der Waals surface area contributed by atoms with Gasteiger partial charge in [-0.15, -0.1) is 0 Å². The maximum Gasteiger partial charge on any atom is 0.237 e. The molecule has 0 unspecified atom stereocenters. The second-order valence-corrected chi connectivity index (χ2v) is 8.23. The number of nitrogens with one attached hydrogen (secondary N) is 1. The van der Waals surface area contributed by atoms with E-state index >= 15 is 0 Å². The smallest absolute Gasteiger partial charge is 0.237 e. The Bertz CT molecular complexity index is 1280. The zero-order chi connectivity index (χ0) is 21.1. The van der Waals surface area contributed by atoms with Crippen molar-refractivity contribution in [2.24, 2.45) is 4.99 Å². The molecular weight excluding hydrogens is 416 g/mol. The number of rotatable bonds is 2. The van der Waals surface area contributed by atoms with E-state index in [1.807, 2.05) is 19.1 Å². The maximum atomic E-state index is 13.1. The highest BCUT2D eigenvalue weighted by Crippen LogP contribution is 2.45. The van der Waals surface area contributed by atoms with Gasteiger partial charge in [-0.05, 0) is 31.2 Å². The van der Waals surface area contributed by atoms with E-state index in [0.29, 0.717) is 41.4 Å². The fourth-order valence-corrected chi connectivity index (χ4v) is 4.60. The van der Waals surface area contributed by atoms with Crippen LogP contribution >= 0.6 is 11.6 Å². The van der Waals surface area contributed by atoms with Gasteiger partial charge < -0.3 is 15.0 Å². The Hall–Kier alpha value is -3.23. The molecule has 6 rings (SSSR count). The zero-order valence-electron chi connectivity index (χ0n) is 16.9. The molecule has 0 bridgehead atoms. The Balaban J connectivity index is 1.59. The lowest BCUT2D eigenvalue weighted by atomic mass is 10.0. The van der Waals surface area contributed by atoms with Crippen molar-refractivity contribution in [1.82, 2.24) is 9.97 Å². The molecule has 8 nitrogen and oxygen atoms in total. The van der Waals surface area contributed by atoms with Gasteiger partial charge in [0.1, 0.15) is 23.3 Å². The number of carbonyl (C=O) groups excluding carboxylic acids is 1. The first-order valence-electron chi connectivity index (χ1n) is 10.2. The molecule has 1 N–H and O–H groups in total. The summed E-state index contributed by atoms with van der Waals surface area (Å²) in [6.45, 7) is 4.78. The number of nitrogens with zero attached hydrogens (tertiary/aromatic N) is 5. The summed E-state index contributed by atoms with van der Waals surface area (Å²) in [5, 5.41) is 5.65. The van der Waals surface area contributed by atoms with E-state index in [9.17, 15) is 4.79 Å². The maximum absolute atomic E-state index is 13.1. The van der Waals surface area contributed by atoms with Crippen molar-refractivity contribution >= 4 is 63.1 Å². The molecule has 0 saturated carbocycles. The molecule has 3 aromatic rings. The zero-order valence-corrected chi connectivity index (χ0v) is 17.6. The number of benzene rings is 1. The standard InChI is InChI=1S/C22H19ClN6O2/c1-12-24-20-19-15(10-17(26-20)28-5-7-31-8-6-28)16-11-18(30)29(22(16)27-21(19)25-12)14-4-2-3-13(23)9-14/h2-4,9-10H,5-8,11H2,1H3,(H,24,25,26,27). The summed E-state index contributed by atoms with van der Waals surface area (Å²) < 4.78 is 5.50. The van der Waals surface area contributed by atoms with Crippen LogP contribution in [0.1, 0.15) is 12.5 Å². The molecule has 31 heavy (non-hydrogen) atoms. The molecule has 9 heteroatoms. The lowest BCUT2D eigenvalue weighted by Crippen LogP contribution is -2.36. The van der Waals surface area contributed by atoms with E-state index in [1.54, 1.807) is 17.0 Å². The number of anilines is 4. The predicted octanol–water partition coefficient (Wildman–Crippen LogP) is 3.82. The lowest BCUT2D eigenvalue weighted by molar-refractivity contribution is -0.116. The molecule has 0 aliphatic carbocycles. The van der Waals surface area contributed by atoms with Gasteiger partial charge in [0.25, 0.3) is 0 Å². The van der Waals surface area contributed by atoms with E-state index in [4.69, 9.17) is 26.3 Å². The molecule has 1 aromatic carbocycles. The highest BCUT2D eigenvalue weighted by molar-refractivity contribution is 6.31. The van der Waals surface area contributed by atoms with Crippen LogP contribution in [0.3, 0.4) is 0 Å². The first-order chi connectivity index (χ1) is 15.1. The van der Waals surface area contributed by atoms with Crippen molar-refractivity contribution in [3.63, 3.8) is 0 Å². The molecule has 3 aliphatic heterocycles. The molecule has 5 heterocycles. The molecule has 0 atom stereocenters. The molecule has 0 spiro atoms. The average Bonchev–Trinajstić information content (AvgIpc) is 3.10. The fraction of sp³-hybridized carbons (Fsp3) is 0.273. The van der Waals surface area contributed by atoms with Crippen LogP contribution in [0.25, 0.3) is 10.8 Å². The molecule has 2 aromatic heterocycles. The van der Waals surface area contributed by atoms with Crippen LogP contribution in [0.4, 0.5) is 29.0 Å². The molecule has 1 amide bonds. The number of amidine groups is 1. The van der Waals surface area contributed by atoms with Crippen LogP contribution in [0.15, 0.2) is 35.3 Å². The van der Waals surface area contributed by atoms with Crippen LogP contribution in [0.2, 0.25) is 5.02 Å². The summed E-state index contributed by atoms with van der Waals surface area (Å²) >= 11 is 6.20. The van der Waals surface area contributed by atoms with E-state index in [-0.39, 0.29) is 12.3 Å². The molecule has 0 radical (unpaired) electrons. The molecule has 3 aliphatic rings. The van der Waals surface area contributed by atoms with E-state index in [1.165, 1.54) is 0 Å². The number of morpholine rings is 1. The summed E-state index contributed by atoms with van der Waals surface area (Å²) in [6.07, 6.45) is 0.264. The SMILES string of the molecule is CC1=Nc2nc3c(c4cc(N5CCOCC5)nc(c24)N1)CC(=O)N3c1cccc(Cl)c1. The highest BCUT2D eigenvalue weighted by atomic mass is 35.5. The van der Waals surface area contributed by atoms with Gasteiger partial charge >= 0.3 is 0 Å². The minimum absolute atomic E-state index is 0.0394. The third-order valence-corrected chi connectivity index (χ3v) is 6.04. The number of aliphatic imine (C=N–C) groups is 1. The van der Waals surface area contributed by atoms with Crippen molar-refractivity contribution < 1.29 is 9.53 Å². The Morgan fingerprint density at radius 1 is 1.16 bits per heavy atom. The minimum atomic E-state index is -0.0394. The average molecular weight is 435 g/mol. The van der Waals surface area contributed by atoms with Gasteiger partial charge in [0.05, 0.1) is 30.7 Å². The summed E-state index contributed by atoms with van der Waals surface area (Å²) in [6, 6.07) is 9.32. The number of pyridine rings is 2. The van der Waals surface area contributed by atoms with Crippen LogP contribution < -0.4 is 15.1 Å². The van der Waals surface area contributed by atoms with E-state index < -0.39 is 0 Å². The third kappa shape index (κ3) is 2.94. The van der Waals surface area contributed by atoms with Crippen LogP contribution in [0, 0.1) is 0 Å². The number of hydrogen-bond donors (Lipinski definition) is 1. The topological polar surface area (TPSA) is 83.0 Å². The van der Waals surface area contributed by atoms with Crippen molar-refractivity contribution in [3.8, 4) is 0 Å². The predicted molar refractivity (Wildman–Crippen MR) is 121 cm³/mol. The van der Waals surface area contributed by atoms with Crippen molar-refractivity contribution in [1.29, 1.82) is 0 Å². The summed E-state index contributed by atoms with van der Waals surface area (Å²) in [5.41, 5.74) is 1.59. The number of fused-ring (bicyclic) bond motifs is 2. The van der Waals surface area contributed by atoms with Crippen molar-refractivity contribution in [2.45, 2.75) is 13.3 Å². The Kier molecular flexibility index (Phi) is 4.12. The fourth-order valence-electron chi connectivity index (χ4n) is 4.41. The number of carbonyl (C=O) groups is 1. The molecule has 1 fully saturated rings. The first kappa shape index (κ1) is 18.5. The minimum Gasteiger partial charge on any atom is -0.378 e. The summed E-state index contributed by atoms with van der Waals surface area (Å²) in [4.78, 5) is 31.2. The number of amides is 1. The first-order valence-corrected chi connectivity index (χ1v) is 10.6. The van der Waals surface area contributed by atoms with Crippen LogP contribution in [0.5, 0.6) is 0 Å². The number of aromatic nitrogens is 2. The normalized spacial score (nSPS) is 17.6. The van der Waals surface area contributed by atoms with Gasteiger partial charge in [-0.25, -0.2) is 15.0 Å².